The van der Waals surface area contributed by atoms with Gasteiger partial charge in [0.1, 0.15) is 11.5 Å². The number of aromatic hydroxyl groups is 2. The van der Waals surface area contributed by atoms with Gasteiger partial charge >= 0.3 is 0 Å². The van der Waals surface area contributed by atoms with Crippen LogP contribution >= 0.6 is 24.4 Å². The minimum absolute atomic E-state index is 0. The standard InChI is InChI=1S/2C7H6N4OS.Si/c2*12-6-3-1-5(2-4-6)11-7(13)8-9-10-11;/h2*1-4,12H,(H,8,10,13);. The van der Waals surface area contributed by atoms with E-state index in [1.165, 1.54) is 9.36 Å². The van der Waals surface area contributed by atoms with Gasteiger partial charge in [0.25, 0.3) is 0 Å². The minimum atomic E-state index is 0. The SMILES string of the molecule is Oc1ccc(-n2[nH]nnc2=S)cc1.Oc1ccc(-n2[nH]nnc2=S)cc1.[Si]. The van der Waals surface area contributed by atoms with Crippen molar-refractivity contribution in [2.24, 2.45) is 0 Å². The van der Waals surface area contributed by atoms with Crippen molar-refractivity contribution >= 4 is 35.4 Å². The molecule has 0 fully saturated rings. The van der Waals surface area contributed by atoms with Gasteiger partial charge < -0.3 is 10.2 Å². The highest BCUT2D eigenvalue weighted by Gasteiger charge is 1.99. The molecule has 0 saturated carbocycles. The maximum absolute atomic E-state index is 9.05. The molecule has 4 N–H and O–H groups in total. The molecule has 0 saturated heterocycles. The minimum Gasteiger partial charge on any atom is -0.508 e. The third kappa shape index (κ3) is 4.93. The fourth-order valence-corrected chi connectivity index (χ4v) is 2.31. The van der Waals surface area contributed by atoms with Crippen molar-refractivity contribution in [2.45, 2.75) is 0 Å². The van der Waals surface area contributed by atoms with Crippen molar-refractivity contribution in [3.05, 3.63) is 58.1 Å². The molecule has 0 unspecified atom stereocenters. The molecule has 136 valence electrons. The molecule has 0 amide bonds. The Morgan fingerprint density at radius 1 is 0.667 bits per heavy atom. The summed E-state index contributed by atoms with van der Waals surface area (Å²) in [5, 5.41) is 37.6. The van der Waals surface area contributed by atoms with Crippen molar-refractivity contribution in [1.29, 1.82) is 0 Å². The fourth-order valence-electron chi connectivity index (χ4n) is 1.93. The van der Waals surface area contributed by atoms with E-state index in [0.717, 1.165) is 11.4 Å². The average Bonchev–Trinajstić information content (AvgIpc) is 3.25. The molecule has 2 heterocycles. The van der Waals surface area contributed by atoms with Gasteiger partial charge in [-0.2, -0.15) is 10.4 Å². The summed E-state index contributed by atoms with van der Waals surface area (Å²) < 4.78 is 3.78. The number of nitrogens with one attached hydrogen (secondary N) is 2. The summed E-state index contributed by atoms with van der Waals surface area (Å²) >= 11 is 9.79. The van der Waals surface area contributed by atoms with Crippen molar-refractivity contribution in [2.75, 3.05) is 0 Å². The van der Waals surface area contributed by atoms with Crippen molar-refractivity contribution < 1.29 is 10.2 Å². The molecule has 4 rings (SSSR count). The van der Waals surface area contributed by atoms with E-state index >= 15 is 0 Å². The number of nitrogens with zero attached hydrogens (tertiary/aromatic N) is 6. The van der Waals surface area contributed by atoms with E-state index in [1.54, 1.807) is 48.5 Å². The van der Waals surface area contributed by atoms with Crippen molar-refractivity contribution in [3.8, 4) is 22.9 Å². The Bertz CT molecular complexity index is 1010. The van der Waals surface area contributed by atoms with Crippen LogP contribution in [0.15, 0.2) is 48.5 Å². The van der Waals surface area contributed by atoms with Gasteiger partial charge in [-0.15, -0.1) is 0 Å². The monoisotopic (exact) mass is 416 g/mol. The summed E-state index contributed by atoms with van der Waals surface area (Å²) in [6.07, 6.45) is 0. The first-order chi connectivity index (χ1) is 12.5. The molecule has 13 heteroatoms. The zero-order valence-electron chi connectivity index (χ0n) is 13.5. The lowest BCUT2D eigenvalue weighted by atomic mass is 10.3. The molecule has 10 nitrogen and oxygen atoms in total. The Balaban J connectivity index is 0.000000187. The van der Waals surface area contributed by atoms with Crippen LogP contribution in [0, 0.1) is 9.54 Å². The van der Waals surface area contributed by atoms with Gasteiger partial charge in [0, 0.05) is 11.0 Å². The fraction of sp³-hybridized carbons (Fsp3) is 0. The first kappa shape index (κ1) is 20.2. The number of rotatable bonds is 2. The third-order valence-electron chi connectivity index (χ3n) is 3.16. The molecule has 4 aromatic rings. The summed E-state index contributed by atoms with van der Waals surface area (Å²) in [6, 6.07) is 13.1. The molecule has 0 aliphatic carbocycles. The Labute approximate surface area is 167 Å². The highest BCUT2D eigenvalue weighted by atomic mass is 32.1. The van der Waals surface area contributed by atoms with Gasteiger partial charge in [0.15, 0.2) is 0 Å². The van der Waals surface area contributed by atoms with E-state index in [0.29, 0.717) is 9.54 Å². The summed E-state index contributed by atoms with van der Waals surface area (Å²) in [5.74, 6) is 0.422. The van der Waals surface area contributed by atoms with Gasteiger partial charge in [-0.1, -0.05) is 20.6 Å². The number of aromatic amines is 2. The first-order valence-electron chi connectivity index (χ1n) is 7.13. The lowest BCUT2D eigenvalue weighted by molar-refractivity contribution is 0.474. The Morgan fingerprint density at radius 2 is 1.00 bits per heavy atom. The molecule has 0 aliphatic rings. The van der Waals surface area contributed by atoms with Gasteiger partial charge in [-0.05, 0) is 73.0 Å². The van der Waals surface area contributed by atoms with Crippen LogP contribution in [-0.4, -0.2) is 61.6 Å². The van der Waals surface area contributed by atoms with Crippen LogP contribution < -0.4 is 0 Å². The predicted molar refractivity (Wildman–Crippen MR) is 102 cm³/mol. The highest BCUT2D eigenvalue weighted by molar-refractivity contribution is 7.71. The van der Waals surface area contributed by atoms with Crippen LogP contribution in [0.25, 0.3) is 11.4 Å². The summed E-state index contributed by atoms with van der Waals surface area (Å²) in [7, 11) is 0. The Morgan fingerprint density at radius 3 is 1.26 bits per heavy atom. The van der Waals surface area contributed by atoms with Crippen molar-refractivity contribution in [1.82, 2.24) is 40.4 Å². The Kier molecular flexibility index (Phi) is 6.70. The Hall–Kier alpha value is -3.16. The number of hydrogen-bond donors (Lipinski definition) is 4. The number of aromatic nitrogens is 8. The van der Waals surface area contributed by atoms with Gasteiger partial charge in [-0.25, -0.2) is 9.36 Å². The highest BCUT2D eigenvalue weighted by Crippen LogP contribution is 2.13. The van der Waals surface area contributed by atoms with E-state index in [2.05, 4.69) is 31.1 Å². The zero-order valence-corrected chi connectivity index (χ0v) is 16.1. The van der Waals surface area contributed by atoms with E-state index in [4.69, 9.17) is 34.6 Å². The molecular weight excluding hydrogens is 404 g/mol. The van der Waals surface area contributed by atoms with Crippen LogP contribution in [0.4, 0.5) is 0 Å². The van der Waals surface area contributed by atoms with Crippen LogP contribution in [0.5, 0.6) is 11.5 Å². The second-order valence-electron chi connectivity index (χ2n) is 4.87. The number of phenols is 2. The lowest BCUT2D eigenvalue weighted by Crippen LogP contribution is -1.95. The predicted octanol–water partition coefficient (Wildman–Crippen LogP) is 1.68. The van der Waals surface area contributed by atoms with Crippen LogP contribution in [0.3, 0.4) is 0 Å². The maximum atomic E-state index is 9.05. The quantitative estimate of drug-likeness (QED) is 0.286. The first-order valence-corrected chi connectivity index (χ1v) is 7.95. The molecule has 0 spiro atoms. The molecule has 2 aromatic carbocycles. The summed E-state index contributed by atoms with van der Waals surface area (Å²) in [4.78, 5) is 0. The third-order valence-corrected chi connectivity index (χ3v) is 3.69. The van der Waals surface area contributed by atoms with Gasteiger partial charge in [-0.3, -0.25) is 0 Å². The number of benzene rings is 2. The molecule has 4 radical (unpaired) electrons. The van der Waals surface area contributed by atoms with Crippen LogP contribution in [0.1, 0.15) is 0 Å². The van der Waals surface area contributed by atoms with Gasteiger partial charge in [0.05, 0.1) is 11.4 Å². The lowest BCUT2D eigenvalue weighted by Gasteiger charge is -1.99. The second kappa shape index (κ2) is 8.97. The largest absolute Gasteiger partial charge is 0.508 e. The van der Waals surface area contributed by atoms with E-state index in [9.17, 15) is 0 Å². The zero-order chi connectivity index (χ0) is 18.5. The van der Waals surface area contributed by atoms with Crippen LogP contribution in [0.2, 0.25) is 0 Å². The number of H-pyrrole nitrogens is 2. The van der Waals surface area contributed by atoms with E-state index in [1.807, 2.05) is 0 Å². The molecule has 0 bridgehead atoms. The molecule has 2 aromatic heterocycles. The maximum Gasteiger partial charge on any atom is 0.242 e. The summed E-state index contributed by atoms with van der Waals surface area (Å²) in [5.41, 5.74) is 1.57. The molecule has 27 heavy (non-hydrogen) atoms. The summed E-state index contributed by atoms with van der Waals surface area (Å²) in [6.45, 7) is 0. The smallest absolute Gasteiger partial charge is 0.242 e. The van der Waals surface area contributed by atoms with Gasteiger partial charge in [0.2, 0.25) is 9.54 Å². The average molecular weight is 417 g/mol. The van der Waals surface area contributed by atoms with Crippen molar-refractivity contribution in [3.63, 3.8) is 0 Å². The topological polar surface area (TPSA) is 133 Å². The molecular formula is C14H12N8O2S2Si. The number of phenolic OH excluding ortho intramolecular Hbond substituents is 2. The molecule has 0 aliphatic heterocycles. The van der Waals surface area contributed by atoms with E-state index < -0.39 is 0 Å². The van der Waals surface area contributed by atoms with E-state index in [-0.39, 0.29) is 22.5 Å². The van der Waals surface area contributed by atoms with Crippen LogP contribution in [-0.2, 0) is 0 Å². The second-order valence-corrected chi connectivity index (χ2v) is 5.60. The number of hydrogen-bond acceptors (Lipinski definition) is 8. The number of tetrazole rings is 2. The molecule has 0 atom stereocenters. The normalized spacial score (nSPS) is 9.78.